The minimum Gasteiger partial charge on any atom is -0.222 e. The molecule has 0 unspecified atom stereocenters. The SMILES string of the molecule is Cc1s[s+]c(C(C)(C)C)c1C.[O-][Cl+3]([O-])([O-])[O-]. The van der Waals surface area contributed by atoms with Crippen molar-refractivity contribution < 1.29 is 28.9 Å². The van der Waals surface area contributed by atoms with Gasteiger partial charge in [0.15, 0.2) is 10.3 Å². The molecule has 4 nitrogen and oxygen atoms in total. The van der Waals surface area contributed by atoms with Gasteiger partial charge in [-0.2, -0.15) is 0 Å². The Labute approximate surface area is 105 Å². The lowest BCUT2D eigenvalue weighted by Crippen LogP contribution is -2.68. The van der Waals surface area contributed by atoms with E-state index in [9.17, 15) is 0 Å². The van der Waals surface area contributed by atoms with Gasteiger partial charge in [0.2, 0.25) is 4.88 Å². The van der Waals surface area contributed by atoms with E-state index in [1.807, 2.05) is 20.7 Å². The highest BCUT2D eigenvalue weighted by molar-refractivity contribution is 7.69. The molecule has 0 aliphatic heterocycles. The Morgan fingerprint density at radius 2 is 1.44 bits per heavy atom. The van der Waals surface area contributed by atoms with Gasteiger partial charge in [-0.15, -0.1) is 10.2 Å². The minimum atomic E-state index is -4.94. The summed E-state index contributed by atoms with van der Waals surface area (Å²) in [5.41, 5.74) is 1.83. The van der Waals surface area contributed by atoms with Gasteiger partial charge < -0.3 is 0 Å². The molecule has 0 saturated carbocycles. The minimum absolute atomic E-state index is 0.333. The first-order valence-electron chi connectivity index (χ1n) is 4.44. The van der Waals surface area contributed by atoms with Crippen molar-refractivity contribution in [2.24, 2.45) is 0 Å². The first kappa shape index (κ1) is 16.2. The highest BCUT2D eigenvalue weighted by Gasteiger charge is 2.29. The van der Waals surface area contributed by atoms with E-state index in [4.69, 9.17) is 18.6 Å². The van der Waals surface area contributed by atoms with Gasteiger partial charge in [-0.25, -0.2) is 18.6 Å². The van der Waals surface area contributed by atoms with Crippen LogP contribution in [-0.4, -0.2) is 0 Å². The molecule has 7 heteroatoms. The van der Waals surface area contributed by atoms with E-state index in [1.165, 1.54) is 10.4 Å². The van der Waals surface area contributed by atoms with Gasteiger partial charge in [-0.05, 0) is 13.8 Å². The lowest BCUT2D eigenvalue weighted by Gasteiger charge is -2.17. The molecule has 0 fully saturated rings. The van der Waals surface area contributed by atoms with Crippen LogP contribution in [0.3, 0.4) is 0 Å². The molecule has 1 rings (SSSR count). The van der Waals surface area contributed by atoms with Crippen molar-refractivity contribution >= 4 is 20.7 Å². The molecular weight excluding hydrogens is 272 g/mol. The van der Waals surface area contributed by atoms with Gasteiger partial charge in [-0.3, -0.25) is 0 Å². The van der Waals surface area contributed by atoms with Crippen molar-refractivity contribution in [1.29, 1.82) is 0 Å². The molecule has 94 valence electrons. The number of hydrogen-bond acceptors (Lipinski definition) is 5. The molecule has 1 aromatic rings. The second-order valence-corrected chi connectivity index (χ2v) is 7.41. The molecule has 0 atom stereocenters. The predicted molar refractivity (Wildman–Crippen MR) is 54.8 cm³/mol. The molecule has 0 aliphatic carbocycles. The van der Waals surface area contributed by atoms with E-state index in [2.05, 4.69) is 34.6 Å². The van der Waals surface area contributed by atoms with E-state index in [-0.39, 0.29) is 0 Å². The Morgan fingerprint density at radius 3 is 1.56 bits per heavy atom. The van der Waals surface area contributed by atoms with Crippen molar-refractivity contribution in [2.45, 2.75) is 40.0 Å². The first-order valence-corrected chi connectivity index (χ1v) is 7.83. The third-order valence-corrected chi connectivity index (χ3v) is 5.02. The van der Waals surface area contributed by atoms with Gasteiger partial charge in [0, 0.05) is 11.0 Å². The Bertz CT molecular complexity index is 332. The van der Waals surface area contributed by atoms with Crippen LogP contribution in [0.2, 0.25) is 0 Å². The molecule has 0 radical (unpaired) electrons. The summed E-state index contributed by atoms with van der Waals surface area (Å²) in [6.07, 6.45) is 0. The predicted octanol–water partition coefficient (Wildman–Crippen LogP) is -0.751. The summed E-state index contributed by atoms with van der Waals surface area (Å²) in [6.45, 7) is 11.3. The number of halogens is 1. The lowest BCUT2D eigenvalue weighted by molar-refractivity contribution is -2.00. The van der Waals surface area contributed by atoms with Crippen LogP contribution < -0.4 is 18.6 Å². The summed E-state index contributed by atoms with van der Waals surface area (Å²) in [7, 11) is -1.12. The quantitative estimate of drug-likeness (QED) is 0.463. The second-order valence-electron chi connectivity index (χ2n) is 4.30. The Balaban J connectivity index is 0.000000385. The van der Waals surface area contributed by atoms with E-state index in [0.717, 1.165) is 0 Å². The Kier molecular flexibility index (Phi) is 5.74. The van der Waals surface area contributed by atoms with Crippen molar-refractivity contribution in [2.75, 3.05) is 0 Å². The van der Waals surface area contributed by atoms with Crippen LogP contribution in [0.4, 0.5) is 0 Å². The highest BCUT2D eigenvalue weighted by Crippen LogP contribution is 2.36. The third-order valence-electron chi connectivity index (χ3n) is 1.80. The molecule has 1 aromatic heterocycles. The van der Waals surface area contributed by atoms with Gasteiger partial charge >= 0.3 is 0 Å². The van der Waals surface area contributed by atoms with Crippen molar-refractivity contribution in [3.63, 3.8) is 0 Å². The summed E-state index contributed by atoms with van der Waals surface area (Å²) in [5, 5.41) is 0. The summed E-state index contributed by atoms with van der Waals surface area (Å²) >= 11 is 0. The van der Waals surface area contributed by atoms with Gasteiger partial charge in [0.25, 0.3) is 10.3 Å². The van der Waals surface area contributed by atoms with Crippen LogP contribution >= 0.6 is 20.7 Å². The molecule has 0 bridgehead atoms. The van der Waals surface area contributed by atoms with E-state index >= 15 is 0 Å². The van der Waals surface area contributed by atoms with Gasteiger partial charge in [0.1, 0.15) is 0 Å². The van der Waals surface area contributed by atoms with Crippen molar-refractivity contribution in [1.82, 2.24) is 0 Å². The molecule has 0 saturated heterocycles. The van der Waals surface area contributed by atoms with Gasteiger partial charge in [-0.1, -0.05) is 20.8 Å². The molecule has 1 heterocycles. The van der Waals surface area contributed by atoms with Crippen LogP contribution in [0.5, 0.6) is 0 Å². The largest absolute Gasteiger partial charge is 0.296 e. The fourth-order valence-corrected chi connectivity index (χ4v) is 4.23. The lowest BCUT2D eigenvalue weighted by atomic mass is 9.92. The smallest absolute Gasteiger partial charge is 0.222 e. The Hall–Kier alpha value is 0.180. The maximum atomic E-state index is 8.49. The fraction of sp³-hybridized carbons (Fsp3) is 0.667. The Morgan fingerprint density at radius 1 is 1.06 bits per heavy atom. The van der Waals surface area contributed by atoms with Crippen LogP contribution in [0.15, 0.2) is 0 Å². The van der Waals surface area contributed by atoms with Crippen LogP contribution in [0.25, 0.3) is 0 Å². The molecule has 0 aromatic carbocycles. The summed E-state index contributed by atoms with van der Waals surface area (Å²) in [5.74, 6) is 0. The number of aryl methyl sites for hydroxylation is 1. The maximum absolute atomic E-state index is 8.49. The average molecular weight is 287 g/mol. The highest BCUT2D eigenvalue weighted by atomic mass is 35.7. The summed E-state index contributed by atoms with van der Waals surface area (Å²) in [6, 6.07) is 0. The zero-order valence-electron chi connectivity index (χ0n) is 9.83. The monoisotopic (exact) mass is 286 g/mol. The molecule has 0 N–H and O–H groups in total. The van der Waals surface area contributed by atoms with E-state index in [1.54, 1.807) is 4.88 Å². The number of rotatable bonds is 0. The molecular formula is C9H15ClO4S2. The standard InChI is InChI=1S/C9H15S2.ClHO4/c1-6-7(2)10-11-8(6)9(3,4)5;2-1(3,4)5/h1-5H3;(H,2,3,4,5)/q+1;/p-1. The summed E-state index contributed by atoms with van der Waals surface area (Å²) < 4.78 is 34.0. The maximum Gasteiger partial charge on any atom is 0.296 e. The van der Waals surface area contributed by atoms with Crippen LogP contribution in [-0.2, 0) is 5.41 Å². The zero-order valence-corrected chi connectivity index (χ0v) is 12.2. The van der Waals surface area contributed by atoms with Gasteiger partial charge in [0.05, 0.1) is 4.88 Å². The fourth-order valence-electron chi connectivity index (χ4n) is 1.08. The average Bonchev–Trinajstić information content (AvgIpc) is 2.27. The molecule has 0 spiro atoms. The normalized spacial score (nSPS) is 12.1. The number of hydrogen-bond donors (Lipinski definition) is 0. The van der Waals surface area contributed by atoms with E-state index in [0.29, 0.717) is 5.41 Å². The second kappa shape index (κ2) is 5.68. The zero-order chi connectivity index (χ0) is 13.1. The van der Waals surface area contributed by atoms with E-state index < -0.39 is 10.2 Å². The third kappa shape index (κ3) is 6.70. The topological polar surface area (TPSA) is 92.2 Å². The first-order chi connectivity index (χ1) is 6.93. The van der Waals surface area contributed by atoms with Crippen molar-refractivity contribution in [3.8, 4) is 0 Å². The van der Waals surface area contributed by atoms with Crippen LogP contribution in [0.1, 0.15) is 36.1 Å². The van der Waals surface area contributed by atoms with Crippen LogP contribution in [0, 0.1) is 24.1 Å². The molecule has 0 amide bonds. The molecule has 16 heavy (non-hydrogen) atoms. The molecule has 0 aliphatic rings. The van der Waals surface area contributed by atoms with Crippen molar-refractivity contribution in [3.05, 3.63) is 15.3 Å². The summed E-state index contributed by atoms with van der Waals surface area (Å²) in [4.78, 5) is 3.01.